The number of unbranched alkanes of at least 4 members (excludes halogenated alkanes) is 24. The van der Waals surface area contributed by atoms with Crippen LogP contribution in [0.25, 0.3) is 0 Å². The minimum absolute atomic E-state index is 0.0465. The van der Waals surface area contributed by atoms with Gasteiger partial charge in [0.1, 0.15) is 18.8 Å². The molecule has 0 aliphatic carbocycles. The summed E-state index contributed by atoms with van der Waals surface area (Å²) in [5, 5.41) is 31.5. The van der Waals surface area contributed by atoms with Crippen molar-refractivity contribution in [1.29, 1.82) is 0 Å². The van der Waals surface area contributed by atoms with E-state index in [-0.39, 0.29) is 25.9 Å². The van der Waals surface area contributed by atoms with E-state index in [1.165, 1.54) is 83.5 Å². The number of carbonyl (C=O) groups excluding carboxylic acids is 3. The van der Waals surface area contributed by atoms with Crippen LogP contribution in [-0.2, 0) is 42.9 Å². The maximum atomic E-state index is 13.1. The van der Waals surface area contributed by atoms with Crippen LogP contribution >= 0.6 is 0 Å². The first-order valence-electron chi connectivity index (χ1n) is 29.9. The molecule has 0 radical (unpaired) electrons. The van der Waals surface area contributed by atoms with E-state index in [0.717, 1.165) is 109 Å². The highest BCUT2D eigenvalue weighted by Gasteiger charge is 2.50. The lowest BCUT2D eigenvalue weighted by atomic mass is 9.98. The van der Waals surface area contributed by atoms with E-state index >= 15 is 0 Å². The molecule has 0 aromatic rings. The summed E-state index contributed by atoms with van der Waals surface area (Å²) in [4.78, 5) is 51.1. The van der Waals surface area contributed by atoms with E-state index in [0.29, 0.717) is 19.3 Å². The Morgan fingerprint density at radius 2 is 0.840 bits per heavy atom. The third kappa shape index (κ3) is 41.0. The van der Waals surface area contributed by atoms with E-state index in [1.54, 1.807) is 0 Å². The zero-order valence-electron chi connectivity index (χ0n) is 47.3. The molecule has 430 valence electrons. The minimum Gasteiger partial charge on any atom is -0.479 e. The fourth-order valence-electron chi connectivity index (χ4n) is 8.68. The number of ether oxygens (including phenoxy) is 5. The third-order valence-corrected chi connectivity index (χ3v) is 13.3. The van der Waals surface area contributed by atoms with Gasteiger partial charge in [-0.3, -0.25) is 14.4 Å². The highest BCUT2D eigenvalue weighted by molar-refractivity contribution is 5.74. The molecular formula is C63H106O12. The van der Waals surface area contributed by atoms with Crippen molar-refractivity contribution in [2.24, 2.45) is 0 Å². The number of hydrogen-bond acceptors (Lipinski definition) is 11. The zero-order valence-corrected chi connectivity index (χ0v) is 47.3. The minimum atomic E-state index is -1.91. The van der Waals surface area contributed by atoms with Crippen LogP contribution in [0.5, 0.6) is 0 Å². The lowest BCUT2D eigenvalue weighted by Crippen LogP contribution is -2.61. The third-order valence-electron chi connectivity index (χ3n) is 13.3. The van der Waals surface area contributed by atoms with Gasteiger partial charge in [0, 0.05) is 19.3 Å². The Labute approximate surface area is 455 Å². The smallest absolute Gasteiger partial charge is 0.335 e. The van der Waals surface area contributed by atoms with E-state index in [9.17, 15) is 34.5 Å². The number of aliphatic hydroxyl groups excluding tert-OH is 2. The number of esters is 3. The van der Waals surface area contributed by atoms with E-state index < -0.39 is 67.3 Å². The molecule has 1 aliphatic heterocycles. The van der Waals surface area contributed by atoms with Crippen molar-refractivity contribution in [2.75, 3.05) is 13.2 Å². The molecule has 6 atom stereocenters. The molecule has 6 unspecified atom stereocenters. The van der Waals surface area contributed by atoms with Gasteiger partial charge in [0.05, 0.1) is 6.61 Å². The van der Waals surface area contributed by atoms with Gasteiger partial charge in [0.25, 0.3) is 0 Å². The summed E-state index contributed by atoms with van der Waals surface area (Å²) in [6, 6.07) is 0. The van der Waals surface area contributed by atoms with Crippen molar-refractivity contribution >= 4 is 23.9 Å². The van der Waals surface area contributed by atoms with Crippen molar-refractivity contribution in [3.63, 3.8) is 0 Å². The fraction of sp³-hybridized carbons (Fsp3) is 0.746. The molecule has 1 heterocycles. The number of allylic oxidation sites excluding steroid dienone is 12. The zero-order chi connectivity index (χ0) is 54.7. The van der Waals surface area contributed by atoms with E-state index in [2.05, 4.69) is 93.7 Å². The number of aliphatic hydroxyl groups is 2. The molecular weight excluding hydrogens is 949 g/mol. The number of carbonyl (C=O) groups is 4. The van der Waals surface area contributed by atoms with Gasteiger partial charge in [-0.25, -0.2) is 4.79 Å². The Hall–Kier alpha value is -3.84. The second kappa shape index (κ2) is 50.9. The predicted octanol–water partition coefficient (Wildman–Crippen LogP) is 15.3. The lowest BCUT2D eigenvalue weighted by Gasteiger charge is -2.40. The maximum absolute atomic E-state index is 13.1. The van der Waals surface area contributed by atoms with Crippen LogP contribution in [0.1, 0.15) is 252 Å². The van der Waals surface area contributed by atoms with Crippen molar-refractivity contribution in [1.82, 2.24) is 0 Å². The van der Waals surface area contributed by atoms with Gasteiger partial charge < -0.3 is 39.0 Å². The van der Waals surface area contributed by atoms with Gasteiger partial charge in [0.15, 0.2) is 24.6 Å². The van der Waals surface area contributed by atoms with Crippen LogP contribution < -0.4 is 0 Å². The van der Waals surface area contributed by atoms with Crippen LogP contribution in [0.3, 0.4) is 0 Å². The van der Waals surface area contributed by atoms with E-state index in [4.69, 9.17) is 23.7 Å². The average Bonchev–Trinajstić information content (AvgIpc) is 3.39. The first kappa shape index (κ1) is 69.2. The van der Waals surface area contributed by atoms with Gasteiger partial charge in [-0.05, 0) is 89.9 Å². The second-order valence-corrected chi connectivity index (χ2v) is 20.3. The first-order valence-corrected chi connectivity index (χ1v) is 29.9. The normalized spacial score (nSPS) is 18.7. The van der Waals surface area contributed by atoms with Crippen LogP contribution in [-0.4, -0.2) is 89.2 Å². The quantitative estimate of drug-likeness (QED) is 0.0228. The molecule has 3 N–H and O–H groups in total. The highest BCUT2D eigenvalue weighted by Crippen LogP contribution is 2.26. The predicted molar refractivity (Wildman–Crippen MR) is 303 cm³/mol. The Kier molecular flexibility index (Phi) is 47.0. The maximum Gasteiger partial charge on any atom is 0.335 e. The molecule has 1 saturated heterocycles. The molecule has 0 amide bonds. The van der Waals surface area contributed by atoms with Gasteiger partial charge in [-0.2, -0.15) is 0 Å². The Morgan fingerprint density at radius 1 is 0.453 bits per heavy atom. The largest absolute Gasteiger partial charge is 0.479 e. The number of aliphatic carboxylic acids is 1. The molecule has 0 bridgehead atoms. The van der Waals surface area contributed by atoms with Crippen molar-refractivity contribution in [2.45, 2.75) is 289 Å². The van der Waals surface area contributed by atoms with Crippen LogP contribution in [0, 0.1) is 0 Å². The Balaban J connectivity index is 2.71. The van der Waals surface area contributed by atoms with Crippen molar-refractivity contribution in [3.8, 4) is 0 Å². The second-order valence-electron chi connectivity index (χ2n) is 20.3. The van der Waals surface area contributed by atoms with Gasteiger partial charge in [-0.15, -0.1) is 0 Å². The van der Waals surface area contributed by atoms with Gasteiger partial charge in [0.2, 0.25) is 0 Å². The molecule has 1 rings (SSSR count). The van der Waals surface area contributed by atoms with Crippen LogP contribution in [0.15, 0.2) is 72.9 Å². The highest BCUT2D eigenvalue weighted by atomic mass is 16.7. The monoisotopic (exact) mass is 1050 g/mol. The molecule has 0 spiro atoms. The fourth-order valence-corrected chi connectivity index (χ4v) is 8.68. The summed E-state index contributed by atoms with van der Waals surface area (Å²) in [5.74, 6) is -3.16. The van der Waals surface area contributed by atoms with Gasteiger partial charge >= 0.3 is 23.9 Å². The molecule has 1 fully saturated rings. The lowest BCUT2D eigenvalue weighted by molar-refractivity contribution is -0.301. The Morgan fingerprint density at radius 3 is 1.32 bits per heavy atom. The van der Waals surface area contributed by atoms with Crippen molar-refractivity contribution < 1.29 is 58.2 Å². The SMILES string of the molecule is CC/C=C\C/C=C\C/C=C\C/C=C\C/C=C\CCCCCC(=O)OCC(COC1OC(C(=O)O)C(O)C(O)C1OC(=O)CCCCCCC/C=C\CCCCCC)OC(=O)CCCCCCCCCCCCCCC. The topological polar surface area (TPSA) is 175 Å². The molecule has 1 aliphatic rings. The average molecular weight is 1060 g/mol. The summed E-state index contributed by atoms with van der Waals surface area (Å²) < 4.78 is 28.4. The number of carboxylic acid groups (broad SMARTS) is 1. The van der Waals surface area contributed by atoms with Crippen LogP contribution in [0.2, 0.25) is 0 Å². The van der Waals surface area contributed by atoms with Gasteiger partial charge in [-0.1, -0.05) is 216 Å². The molecule has 12 nitrogen and oxygen atoms in total. The van der Waals surface area contributed by atoms with Crippen molar-refractivity contribution in [3.05, 3.63) is 72.9 Å². The molecule has 75 heavy (non-hydrogen) atoms. The standard InChI is InChI=1S/C63H106O12/c1-4-7-10-13-16-19-22-25-26-27-28-29-30-33-34-37-40-43-46-49-55(64)71-52-54(73-56(65)50-47-44-41-38-35-31-23-20-17-14-11-8-5-2)53-72-63-61(59(68)58(67)60(75-63)62(69)70)74-57(66)51-48-45-42-39-36-32-24-21-18-15-12-9-6-3/h7,10,16,19,21,24-26,28-29,33-34,54,58-61,63,67-68H,4-6,8-9,11-15,17-18,20,22-23,27,30-32,35-53H2,1-3H3,(H,69,70)/b10-7-,19-16-,24-21-,26-25-,29-28-,34-33-. The first-order chi connectivity index (χ1) is 36.6. The van der Waals surface area contributed by atoms with E-state index in [1.807, 2.05) is 0 Å². The molecule has 0 aromatic heterocycles. The molecule has 12 heteroatoms. The number of carboxylic acids is 1. The van der Waals surface area contributed by atoms with Crippen LogP contribution in [0.4, 0.5) is 0 Å². The summed E-state index contributed by atoms with van der Waals surface area (Å²) >= 11 is 0. The summed E-state index contributed by atoms with van der Waals surface area (Å²) in [6.45, 7) is 5.83. The summed E-state index contributed by atoms with van der Waals surface area (Å²) in [7, 11) is 0. The summed E-state index contributed by atoms with van der Waals surface area (Å²) in [6.07, 6.45) is 51.6. The Bertz CT molecular complexity index is 1580. The molecule has 0 aromatic carbocycles. The summed E-state index contributed by atoms with van der Waals surface area (Å²) in [5.41, 5.74) is 0. The number of hydrogen-bond donors (Lipinski definition) is 3. The molecule has 0 saturated carbocycles. The number of rotatable bonds is 50.